The molecule has 4 nitrogen and oxygen atoms in total. The monoisotopic (exact) mass is 260 g/mol. The number of nitrogens with zero attached hydrogens (tertiary/aromatic N) is 1. The predicted octanol–water partition coefficient (Wildman–Crippen LogP) is 2.59. The van der Waals surface area contributed by atoms with Gasteiger partial charge in [0.15, 0.2) is 0 Å². The number of rotatable bonds is 5. The quantitative estimate of drug-likeness (QED) is 0.897. The van der Waals surface area contributed by atoms with E-state index in [0.29, 0.717) is 6.54 Å². The number of ether oxygens (including phenoxy) is 1. The maximum atomic E-state index is 5.94. The Morgan fingerprint density at radius 3 is 2.63 bits per heavy atom. The van der Waals surface area contributed by atoms with E-state index in [-0.39, 0.29) is 5.92 Å². The Bertz CT molecular complexity index is 529. The Morgan fingerprint density at radius 2 is 2.05 bits per heavy atom. The molecule has 0 aliphatic rings. The van der Waals surface area contributed by atoms with Crippen molar-refractivity contribution in [1.29, 1.82) is 0 Å². The van der Waals surface area contributed by atoms with Crippen LogP contribution in [0.25, 0.3) is 0 Å². The molecule has 1 aromatic heterocycles. The molecule has 1 unspecified atom stereocenters. The Balaban J connectivity index is 2.30. The number of benzene rings is 1. The van der Waals surface area contributed by atoms with Crippen LogP contribution in [0.3, 0.4) is 0 Å². The van der Waals surface area contributed by atoms with Crippen LogP contribution >= 0.6 is 0 Å². The molecule has 0 bridgehead atoms. The van der Waals surface area contributed by atoms with Gasteiger partial charge in [-0.1, -0.05) is 23.4 Å². The van der Waals surface area contributed by atoms with E-state index >= 15 is 0 Å². The number of aromatic nitrogens is 1. The molecule has 1 heterocycles. The summed E-state index contributed by atoms with van der Waals surface area (Å²) in [6.07, 6.45) is 0.818. The molecule has 0 saturated heterocycles. The number of aryl methyl sites for hydroxylation is 2. The predicted molar refractivity (Wildman–Crippen MR) is 74.5 cm³/mol. The van der Waals surface area contributed by atoms with Gasteiger partial charge in [0.1, 0.15) is 11.5 Å². The first-order valence-corrected chi connectivity index (χ1v) is 6.42. The van der Waals surface area contributed by atoms with E-state index in [4.69, 9.17) is 15.0 Å². The smallest absolute Gasteiger partial charge is 0.137 e. The van der Waals surface area contributed by atoms with E-state index < -0.39 is 0 Å². The lowest BCUT2D eigenvalue weighted by molar-refractivity contribution is 0.391. The molecular formula is C15H20N2O2. The van der Waals surface area contributed by atoms with Gasteiger partial charge in [-0.15, -0.1) is 0 Å². The van der Waals surface area contributed by atoms with Crippen LogP contribution in [0.15, 0.2) is 28.8 Å². The first kappa shape index (κ1) is 13.6. The molecule has 102 valence electrons. The molecular weight excluding hydrogens is 240 g/mol. The van der Waals surface area contributed by atoms with Gasteiger partial charge >= 0.3 is 0 Å². The van der Waals surface area contributed by atoms with Crippen molar-refractivity contribution in [3.05, 3.63) is 46.8 Å². The fourth-order valence-electron chi connectivity index (χ4n) is 2.36. The fourth-order valence-corrected chi connectivity index (χ4v) is 2.36. The number of methoxy groups -OCH3 is 1. The lowest BCUT2D eigenvalue weighted by Gasteiger charge is -2.18. The van der Waals surface area contributed by atoms with Crippen molar-refractivity contribution in [1.82, 2.24) is 5.16 Å². The zero-order valence-corrected chi connectivity index (χ0v) is 11.6. The number of hydrogen-bond acceptors (Lipinski definition) is 4. The van der Waals surface area contributed by atoms with Gasteiger partial charge in [-0.3, -0.25) is 0 Å². The van der Waals surface area contributed by atoms with E-state index in [0.717, 1.165) is 34.8 Å². The highest BCUT2D eigenvalue weighted by molar-refractivity contribution is 5.38. The molecule has 2 rings (SSSR count). The van der Waals surface area contributed by atoms with Crippen molar-refractivity contribution in [2.75, 3.05) is 13.7 Å². The molecule has 0 saturated carbocycles. The maximum Gasteiger partial charge on any atom is 0.137 e. The first-order valence-electron chi connectivity index (χ1n) is 6.42. The van der Waals surface area contributed by atoms with E-state index in [1.807, 2.05) is 32.0 Å². The molecule has 0 aliphatic heterocycles. The van der Waals surface area contributed by atoms with Gasteiger partial charge in [-0.05, 0) is 38.4 Å². The average Bonchev–Trinajstić information content (AvgIpc) is 2.76. The zero-order chi connectivity index (χ0) is 13.8. The summed E-state index contributed by atoms with van der Waals surface area (Å²) in [5, 5.41) is 3.99. The third kappa shape index (κ3) is 2.79. The highest BCUT2D eigenvalue weighted by Gasteiger charge is 2.19. The van der Waals surface area contributed by atoms with Crippen LogP contribution in [0.5, 0.6) is 5.75 Å². The summed E-state index contributed by atoms with van der Waals surface area (Å²) in [7, 11) is 1.68. The highest BCUT2D eigenvalue weighted by Crippen LogP contribution is 2.30. The van der Waals surface area contributed by atoms with Crippen molar-refractivity contribution in [3.63, 3.8) is 0 Å². The van der Waals surface area contributed by atoms with Crippen molar-refractivity contribution in [2.45, 2.75) is 26.2 Å². The van der Waals surface area contributed by atoms with Gasteiger partial charge in [0.05, 0.1) is 12.8 Å². The summed E-state index contributed by atoms with van der Waals surface area (Å²) < 4.78 is 10.6. The average molecular weight is 260 g/mol. The summed E-state index contributed by atoms with van der Waals surface area (Å²) in [4.78, 5) is 0. The molecule has 2 N–H and O–H groups in total. The lowest BCUT2D eigenvalue weighted by atomic mass is 9.90. The highest BCUT2D eigenvalue weighted by atomic mass is 16.5. The largest absolute Gasteiger partial charge is 0.496 e. The van der Waals surface area contributed by atoms with E-state index in [1.165, 1.54) is 0 Å². The summed E-state index contributed by atoms with van der Waals surface area (Å²) >= 11 is 0. The van der Waals surface area contributed by atoms with Gasteiger partial charge in [-0.25, -0.2) is 0 Å². The van der Waals surface area contributed by atoms with Gasteiger partial charge in [0, 0.05) is 11.5 Å². The van der Waals surface area contributed by atoms with Crippen molar-refractivity contribution in [2.24, 2.45) is 5.73 Å². The third-order valence-electron chi connectivity index (χ3n) is 3.50. The fraction of sp³-hybridized carbons (Fsp3) is 0.400. The van der Waals surface area contributed by atoms with Crippen LogP contribution in [-0.2, 0) is 6.42 Å². The van der Waals surface area contributed by atoms with Crippen LogP contribution in [0.4, 0.5) is 0 Å². The maximum absolute atomic E-state index is 5.94. The second kappa shape index (κ2) is 5.89. The Labute approximate surface area is 113 Å². The topological polar surface area (TPSA) is 61.3 Å². The standard InChI is InChI=1S/C15H20N2O2/c1-10-14(11(2)19-17-10)8-12(9-16)13-6-4-5-7-15(13)18-3/h4-7,12H,8-9,16H2,1-3H3. The van der Waals surface area contributed by atoms with Crippen molar-refractivity contribution < 1.29 is 9.26 Å². The Hall–Kier alpha value is -1.81. The van der Waals surface area contributed by atoms with Gasteiger partial charge in [-0.2, -0.15) is 0 Å². The van der Waals surface area contributed by atoms with Crippen LogP contribution in [0.1, 0.15) is 28.5 Å². The molecule has 1 atom stereocenters. The van der Waals surface area contributed by atoms with Gasteiger partial charge in [0.2, 0.25) is 0 Å². The lowest BCUT2D eigenvalue weighted by Crippen LogP contribution is -2.16. The molecule has 1 aromatic carbocycles. The van der Waals surface area contributed by atoms with Crippen LogP contribution in [-0.4, -0.2) is 18.8 Å². The minimum absolute atomic E-state index is 0.202. The molecule has 0 aliphatic carbocycles. The van der Waals surface area contributed by atoms with Crippen molar-refractivity contribution >= 4 is 0 Å². The molecule has 0 amide bonds. The van der Waals surface area contributed by atoms with Crippen molar-refractivity contribution in [3.8, 4) is 5.75 Å². The summed E-state index contributed by atoms with van der Waals surface area (Å²) in [6, 6.07) is 8.00. The Kier molecular flexibility index (Phi) is 4.22. The van der Waals surface area contributed by atoms with E-state index in [2.05, 4.69) is 11.2 Å². The zero-order valence-electron chi connectivity index (χ0n) is 11.6. The van der Waals surface area contributed by atoms with Crippen LogP contribution in [0.2, 0.25) is 0 Å². The normalized spacial score (nSPS) is 12.4. The minimum Gasteiger partial charge on any atom is -0.496 e. The molecule has 19 heavy (non-hydrogen) atoms. The molecule has 4 heteroatoms. The second-order valence-corrected chi connectivity index (χ2v) is 4.68. The molecule has 0 fully saturated rings. The number of hydrogen-bond donors (Lipinski definition) is 1. The Morgan fingerprint density at radius 1 is 1.32 bits per heavy atom. The number of para-hydroxylation sites is 1. The first-order chi connectivity index (χ1) is 9.17. The molecule has 0 radical (unpaired) electrons. The summed E-state index contributed by atoms with van der Waals surface area (Å²) in [5.41, 5.74) is 9.15. The molecule has 2 aromatic rings. The van der Waals surface area contributed by atoms with Gasteiger partial charge < -0.3 is 15.0 Å². The molecule has 0 spiro atoms. The summed E-state index contributed by atoms with van der Waals surface area (Å²) in [5.74, 6) is 1.95. The number of nitrogens with two attached hydrogens (primary N) is 1. The minimum atomic E-state index is 0.202. The van der Waals surface area contributed by atoms with Gasteiger partial charge in [0.25, 0.3) is 0 Å². The summed E-state index contributed by atoms with van der Waals surface area (Å²) in [6.45, 7) is 4.46. The van der Waals surface area contributed by atoms with Crippen LogP contribution in [0, 0.1) is 13.8 Å². The SMILES string of the molecule is COc1ccccc1C(CN)Cc1c(C)noc1C. The van der Waals surface area contributed by atoms with Crippen LogP contribution < -0.4 is 10.5 Å². The van der Waals surface area contributed by atoms with E-state index in [9.17, 15) is 0 Å². The third-order valence-corrected chi connectivity index (χ3v) is 3.50. The second-order valence-electron chi connectivity index (χ2n) is 4.68. The van der Waals surface area contributed by atoms with E-state index in [1.54, 1.807) is 7.11 Å².